The highest BCUT2D eigenvalue weighted by molar-refractivity contribution is 6.58. The van der Waals surface area contributed by atoms with E-state index < -0.39 is 15.1 Å². The van der Waals surface area contributed by atoms with Crippen molar-refractivity contribution in [3.8, 4) is 0 Å². The lowest BCUT2D eigenvalue weighted by Gasteiger charge is -2.01. The molecule has 0 aliphatic carbocycles. The fourth-order valence-electron chi connectivity index (χ4n) is 0.931. The van der Waals surface area contributed by atoms with Gasteiger partial charge in [0.1, 0.15) is 0 Å². The van der Waals surface area contributed by atoms with E-state index in [0.717, 1.165) is 5.56 Å². The van der Waals surface area contributed by atoms with Gasteiger partial charge in [0.05, 0.1) is 0 Å². The molecule has 0 aliphatic rings. The van der Waals surface area contributed by atoms with Crippen LogP contribution in [-0.2, 0) is 6.42 Å². The van der Waals surface area contributed by atoms with Crippen LogP contribution in [0.2, 0.25) is 6.04 Å². The second-order valence-corrected chi connectivity index (χ2v) is 4.33. The van der Waals surface area contributed by atoms with Crippen LogP contribution in [0.15, 0.2) is 30.3 Å². The maximum Gasteiger partial charge on any atom is 0.616 e. The van der Waals surface area contributed by atoms with E-state index in [9.17, 15) is 12.3 Å². The molecule has 0 radical (unpaired) electrons. The highest BCUT2D eigenvalue weighted by atomic mass is 28.5. The van der Waals surface area contributed by atoms with E-state index in [0.29, 0.717) is 0 Å². The number of hydrogen-bond donors (Lipinski definition) is 0. The van der Waals surface area contributed by atoms with Crippen LogP contribution in [0.25, 0.3) is 0 Å². The summed E-state index contributed by atoms with van der Waals surface area (Å²) in [5, 5.41) is 0. The molecule has 1 aromatic carbocycles. The van der Waals surface area contributed by atoms with Gasteiger partial charge in [-0.1, -0.05) is 30.3 Å². The van der Waals surface area contributed by atoms with Crippen molar-refractivity contribution < 1.29 is 12.3 Å². The Kier molecular flexibility index (Phi) is 2.92. The molecule has 0 heterocycles. The van der Waals surface area contributed by atoms with Gasteiger partial charge in [0.2, 0.25) is 0 Å². The average Bonchev–Trinajstić information content (AvgIpc) is 2.02. The maximum atomic E-state index is 11.9. The largest absolute Gasteiger partial charge is 0.616 e. The Morgan fingerprint density at radius 2 is 1.58 bits per heavy atom. The van der Waals surface area contributed by atoms with E-state index in [4.69, 9.17) is 0 Å². The third-order valence-corrected chi connectivity index (χ3v) is 2.36. The average molecular weight is 190 g/mol. The molecule has 1 rings (SSSR count). The second-order valence-electron chi connectivity index (χ2n) is 2.60. The summed E-state index contributed by atoms with van der Waals surface area (Å²) in [5.74, 6) is 0. The van der Waals surface area contributed by atoms with E-state index in [-0.39, 0.29) is 6.42 Å². The van der Waals surface area contributed by atoms with Crippen LogP contribution in [0.1, 0.15) is 5.56 Å². The number of rotatable bonds is 3. The van der Waals surface area contributed by atoms with Gasteiger partial charge in [0, 0.05) is 6.04 Å². The number of benzene rings is 1. The molecule has 0 N–H and O–H groups in total. The van der Waals surface area contributed by atoms with E-state index in [1.807, 2.05) is 0 Å². The Balaban J connectivity index is 2.44. The van der Waals surface area contributed by atoms with Gasteiger partial charge < -0.3 is 0 Å². The third kappa shape index (κ3) is 3.57. The Labute approximate surface area is 70.6 Å². The lowest BCUT2D eigenvalue weighted by atomic mass is 10.2. The number of hydrogen-bond acceptors (Lipinski definition) is 0. The van der Waals surface area contributed by atoms with Gasteiger partial charge in [-0.25, -0.2) is 12.3 Å². The van der Waals surface area contributed by atoms with Crippen molar-refractivity contribution in [1.82, 2.24) is 0 Å². The van der Waals surface area contributed by atoms with Crippen LogP contribution in [0.4, 0.5) is 12.3 Å². The Bertz CT molecular complexity index is 230. The van der Waals surface area contributed by atoms with Gasteiger partial charge >= 0.3 is 9.08 Å². The highest BCUT2D eigenvalue weighted by Gasteiger charge is 2.35. The van der Waals surface area contributed by atoms with Crippen molar-refractivity contribution in [3.05, 3.63) is 35.9 Å². The summed E-state index contributed by atoms with van der Waals surface area (Å²) in [6.07, 6.45) is 0.135. The van der Waals surface area contributed by atoms with Crippen molar-refractivity contribution in [2.45, 2.75) is 12.5 Å². The zero-order valence-corrected chi connectivity index (χ0v) is 7.43. The molecular weight excluding hydrogens is 181 g/mol. The van der Waals surface area contributed by atoms with Crippen molar-refractivity contribution in [1.29, 1.82) is 0 Å². The first-order valence-corrected chi connectivity index (χ1v) is 5.53. The van der Waals surface area contributed by atoms with Gasteiger partial charge in [0.15, 0.2) is 0 Å². The molecule has 1 aromatic rings. The third-order valence-electron chi connectivity index (χ3n) is 1.54. The SMILES string of the molecule is F[Si](F)(F)CCc1ccccc1. The molecule has 0 fully saturated rings. The summed E-state index contributed by atoms with van der Waals surface area (Å²) in [4.78, 5) is 0. The monoisotopic (exact) mass is 190 g/mol. The van der Waals surface area contributed by atoms with E-state index in [1.165, 1.54) is 0 Å². The van der Waals surface area contributed by atoms with Crippen LogP contribution >= 0.6 is 0 Å². The highest BCUT2D eigenvalue weighted by Crippen LogP contribution is 2.17. The predicted octanol–water partition coefficient (Wildman–Crippen LogP) is 3.08. The fraction of sp³-hybridized carbons (Fsp3) is 0.250. The topological polar surface area (TPSA) is 0 Å². The summed E-state index contributed by atoms with van der Waals surface area (Å²) in [7, 11) is -5.34. The molecule has 0 atom stereocenters. The van der Waals surface area contributed by atoms with Gasteiger partial charge in [-0.15, -0.1) is 0 Å². The fourth-order valence-corrected chi connectivity index (χ4v) is 1.50. The zero-order chi connectivity index (χ0) is 9.03. The lowest BCUT2D eigenvalue weighted by Crippen LogP contribution is -2.14. The minimum atomic E-state index is -5.34. The number of aryl methyl sites for hydroxylation is 1. The van der Waals surface area contributed by atoms with Crippen molar-refractivity contribution in [3.63, 3.8) is 0 Å². The number of halogens is 3. The normalized spacial score (nSPS) is 11.6. The summed E-state index contributed by atoms with van der Waals surface area (Å²) >= 11 is 0. The predicted molar refractivity (Wildman–Crippen MR) is 44.0 cm³/mol. The minimum Gasteiger partial charge on any atom is -0.238 e. The standard InChI is InChI=1S/C8H9F3Si/c9-12(10,11)7-6-8-4-2-1-3-5-8/h1-5H,6-7H2. The first-order chi connectivity index (χ1) is 5.58. The van der Waals surface area contributed by atoms with Crippen LogP contribution in [0, 0.1) is 0 Å². The maximum absolute atomic E-state index is 11.9. The molecule has 4 heteroatoms. The molecule has 0 saturated heterocycles. The molecule has 0 aliphatic heterocycles. The zero-order valence-electron chi connectivity index (χ0n) is 6.43. The molecule has 0 unspecified atom stereocenters. The van der Waals surface area contributed by atoms with E-state index >= 15 is 0 Å². The van der Waals surface area contributed by atoms with Crippen LogP contribution in [0.5, 0.6) is 0 Å². The Hall–Kier alpha value is -0.773. The Morgan fingerprint density at radius 1 is 1.00 bits per heavy atom. The van der Waals surface area contributed by atoms with Crippen LogP contribution < -0.4 is 0 Å². The molecule has 0 saturated carbocycles. The summed E-state index contributed by atoms with van der Waals surface area (Å²) < 4.78 is 35.6. The van der Waals surface area contributed by atoms with Crippen LogP contribution in [0.3, 0.4) is 0 Å². The van der Waals surface area contributed by atoms with E-state index in [2.05, 4.69) is 0 Å². The summed E-state index contributed by atoms with van der Waals surface area (Å²) in [5.41, 5.74) is 0.766. The molecule has 0 aromatic heterocycles. The lowest BCUT2D eigenvalue weighted by molar-refractivity contribution is 0.467. The Morgan fingerprint density at radius 3 is 2.08 bits per heavy atom. The molecule has 0 nitrogen and oxygen atoms in total. The van der Waals surface area contributed by atoms with Gasteiger partial charge in [-0.3, -0.25) is 0 Å². The molecule has 0 bridgehead atoms. The van der Waals surface area contributed by atoms with E-state index in [1.54, 1.807) is 30.3 Å². The minimum absolute atomic E-state index is 0.135. The van der Waals surface area contributed by atoms with Crippen molar-refractivity contribution in [2.24, 2.45) is 0 Å². The molecule has 66 valence electrons. The van der Waals surface area contributed by atoms with Gasteiger partial charge in [-0.2, -0.15) is 0 Å². The first-order valence-electron chi connectivity index (χ1n) is 3.68. The second kappa shape index (κ2) is 3.76. The molecular formula is C8H9F3Si. The summed E-state index contributed by atoms with van der Waals surface area (Å²) in [6.45, 7) is 0. The molecule has 12 heavy (non-hydrogen) atoms. The quantitative estimate of drug-likeness (QED) is 0.507. The van der Waals surface area contributed by atoms with Gasteiger partial charge in [-0.05, 0) is 12.0 Å². The van der Waals surface area contributed by atoms with Crippen LogP contribution in [-0.4, -0.2) is 9.08 Å². The summed E-state index contributed by atoms with van der Waals surface area (Å²) in [6, 6.07) is 8.16. The smallest absolute Gasteiger partial charge is 0.238 e. The molecule has 0 amide bonds. The first kappa shape index (κ1) is 9.32. The van der Waals surface area contributed by atoms with Crippen molar-refractivity contribution in [2.75, 3.05) is 0 Å². The molecule has 0 spiro atoms. The van der Waals surface area contributed by atoms with Crippen molar-refractivity contribution >= 4 is 9.08 Å². The van der Waals surface area contributed by atoms with Gasteiger partial charge in [0.25, 0.3) is 0 Å².